The minimum atomic E-state index is -4.66. The second-order valence-electron chi connectivity index (χ2n) is 8.47. The Kier molecular flexibility index (Phi) is 6.32. The minimum absolute atomic E-state index is 0.0488. The average Bonchev–Trinajstić information content (AvgIpc) is 3.40. The van der Waals surface area contributed by atoms with Gasteiger partial charge in [-0.1, -0.05) is 0 Å². The van der Waals surface area contributed by atoms with Crippen molar-refractivity contribution in [2.24, 2.45) is 0 Å². The number of piperidine rings is 1. The zero-order valence-corrected chi connectivity index (χ0v) is 19.1. The Hall–Kier alpha value is -3.44. The molecule has 3 aromatic heterocycles. The molecule has 0 aliphatic carbocycles. The van der Waals surface area contributed by atoms with Crippen LogP contribution in [0.4, 0.5) is 13.2 Å². The number of carbonyl (C=O) groups is 2. The summed E-state index contributed by atoms with van der Waals surface area (Å²) in [4.78, 5) is 34.4. The van der Waals surface area contributed by atoms with Crippen LogP contribution in [0.3, 0.4) is 0 Å². The number of aromatic nitrogens is 4. The van der Waals surface area contributed by atoms with Gasteiger partial charge in [0.15, 0.2) is 5.76 Å². The number of fused-ring (bicyclic) bond motifs is 1. The predicted octanol–water partition coefficient (Wildman–Crippen LogP) is 3.01. The number of rotatable bonds is 5. The van der Waals surface area contributed by atoms with E-state index in [-0.39, 0.29) is 30.1 Å². The molecular weight excluding hydrogens is 453 g/mol. The molecule has 0 unspecified atom stereocenters. The standard InChI is InChI=1S/C22H25F3N6O3/c1-12-8-11-34-18(12)19(33)27-15-6-9-30(10-7-15)17(32)5-4-16-13(2)26-21-28-20(22(23,24)25)29-31(21)14(16)3/h8,11,15H,4-7,9-10H2,1-3H3,(H,27,33). The highest BCUT2D eigenvalue weighted by atomic mass is 19.4. The normalized spacial score (nSPS) is 15.2. The molecule has 0 aromatic carbocycles. The highest BCUT2D eigenvalue weighted by Gasteiger charge is 2.37. The molecule has 4 heterocycles. The SMILES string of the molecule is Cc1ccoc1C(=O)NC1CCN(C(=O)CCc2c(C)nc3nc(C(F)(F)F)nn3c2C)CC1. The van der Waals surface area contributed by atoms with Crippen LogP contribution in [0.2, 0.25) is 0 Å². The van der Waals surface area contributed by atoms with Crippen molar-refractivity contribution < 1.29 is 27.2 Å². The molecule has 0 bridgehead atoms. The highest BCUT2D eigenvalue weighted by molar-refractivity contribution is 5.93. The summed E-state index contributed by atoms with van der Waals surface area (Å²) in [6.07, 6.45) is -1.41. The molecule has 12 heteroatoms. The lowest BCUT2D eigenvalue weighted by Gasteiger charge is -2.32. The van der Waals surface area contributed by atoms with Gasteiger partial charge in [0.05, 0.1) is 6.26 Å². The number of carbonyl (C=O) groups excluding carboxylic acids is 2. The summed E-state index contributed by atoms with van der Waals surface area (Å²) in [5.41, 5.74) is 2.45. The summed E-state index contributed by atoms with van der Waals surface area (Å²) in [5.74, 6) is -1.38. The second kappa shape index (κ2) is 9.07. The molecule has 182 valence electrons. The highest BCUT2D eigenvalue weighted by Crippen LogP contribution is 2.27. The Morgan fingerprint density at radius 2 is 1.88 bits per heavy atom. The lowest BCUT2D eigenvalue weighted by atomic mass is 10.0. The van der Waals surface area contributed by atoms with Gasteiger partial charge in [0.2, 0.25) is 5.91 Å². The topological polar surface area (TPSA) is 106 Å². The average molecular weight is 478 g/mol. The maximum Gasteiger partial charge on any atom is 0.453 e. The summed E-state index contributed by atoms with van der Waals surface area (Å²) in [7, 11) is 0. The molecular formula is C22H25F3N6O3. The summed E-state index contributed by atoms with van der Waals surface area (Å²) in [6, 6.07) is 1.68. The van der Waals surface area contributed by atoms with Gasteiger partial charge in [0.1, 0.15) is 0 Å². The molecule has 0 atom stereocenters. The smallest absolute Gasteiger partial charge is 0.453 e. The van der Waals surface area contributed by atoms with Gasteiger partial charge in [-0.05, 0) is 51.7 Å². The van der Waals surface area contributed by atoms with E-state index in [2.05, 4.69) is 20.4 Å². The van der Waals surface area contributed by atoms with Crippen molar-refractivity contribution in [2.75, 3.05) is 13.1 Å². The first-order valence-corrected chi connectivity index (χ1v) is 11.0. The third kappa shape index (κ3) is 4.75. The summed E-state index contributed by atoms with van der Waals surface area (Å²) < 4.78 is 45.2. The quantitative estimate of drug-likeness (QED) is 0.604. The van der Waals surface area contributed by atoms with Gasteiger partial charge in [-0.15, -0.1) is 5.10 Å². The third-order valence-corrected chi connectivity index (χ3v) is 6.14. The molecule has 9 nitrogen and oxygen atoms in total. The van der Waals surface area contributed by atoms with Crippen LogP contribution in [0, 0.1) is 20.8 Å². The van der Waals surface area contributed by atoms with Crippen molar-refractivity contribution in [3.63, 3.8) is 0 Å². The van der Waals surface area contributed by atoms with E-state index in [9.17, 15) is 22.8 Å². The van der Waals surface area contributed by atoms with Crippen molar-refractivity contribution in [2.45, 2.75) is 58.7 Å². The summed E-state index contributed by atoms with van der Waals surface area (Å²) in [5, 5.41) is 6.49. The number of alkyl halides is 3. The number of hydrogen-bond acceptors (Lipinski definition) is 6. The van der Waals surface area contributed by atoms with Gasteiger partial charge in [-0.3, -0.25) is 9.59 Å². The lowest BCUT2D eigenvalue weighted by Crippen LogP contribution is -2.46. The molecule has 3 aromatic rings. The first-order valence-electron chi connectivity index (χ1n) is 11.0. The number of likely N-dealkylation sites (tertiary alicyclic amines) is 1. The van der Waals surface area contributed by atoms with Crippen LogP contribution in [-0.2, 0) is 17.4 Å². The largest absolute Gasteiger partial charge is 0.459 e. The minimum Gasteiger partial charge on any atom is -0.459 e. The van der Waals surface area contributed by atoms with Crippen molar-refractivity contribution in [1.29, 1.82) is 0 Å². The van der Waals surface area contributed by atoms with Gasteiger partial charge in [0.25, 0.3) is 17.5 Å². The monoisotopic (exact) mass is 478 g/mol. The fourth-order valence-corrected chi connectivity index (χ4v) is 4.21. The van der Waals surface area contributed by atoms with Crippen molar-refractivity contribution in [1.82, 2.24) is 29.8 Å². The van der Waals surface area contributed by atoms with Gasteiger partial charge in [-0.25, -0.2) is 9.50 Å². The van der Waals surface area contributed by atoms with E-state index in [1.54, 1.807) is 31.7 Å². The molecule has 0 saturated carbocycles. The van der Waals surface area contributed by atoms with Gasteiger partial charge in [0, 0.05) is 42.5 Å². The third-order valence-electron chi connectivity index (χ3n) is 6.14. The van der Waals surface area contributed by atoms with E-state index in [4.69, 9.17) is 4.42 Å². The Labute approximate surface area is 193 Å². The van der Waals surface area contributed by atoms with Gasteiger partial charge in [-0.2, -0.15) is 18.2 Å². The van der Waals surface area contributed by atoms with Crippen molar-refractivity contribution >= 4 is 17.6 Å². The first kappa shape index (κ1) is 23.7. The fraction of sp³-hybridized carbons (Fsp3) is 0.500. The number of halogens is 3. The number of aryl methyl sites for hydroxylation is 3. The Bertz CT molecular complexity index is 1220. The van der Waals surface area contributed by atoms with Crippen LogP contribution in [-0.4, -0.2) is 55.4 Å². The first-order chi connectivity index (χ1) is 16.0. The fourth-order valence-electron chi connectivity index (χ4n) is 4.21. The van der Waals surface area contributed by atoms with E-state index in [1.165, 1.54) is 6.26 Å². The predicted molar refractivity (Wildman–Crippen MR) is 114 cm³/mol. The zero-order valence-electron chi connectivity index (χ0n) is 19.1. The van der Waals surface area contributed by atoms with Crippen molar-refractivity contribution in [3.8, 4) is 0 Å². The molecule has 1 saturated heterocycles. The molecule has 4 rings (SSSR count). The van der Waals surface area contributed by atoms with Crippen molar-refractivity contribution in [3.05, 3.63) is 46.4 Å². The Morgan fingerprint density at radius 3 is 2.50 bits per heavy atom. The Balaban J connectivity index is 1.34. The maximum absolute atomic E-state index is 13.0. The van der Waals surface area contributed by atoms with E-state index in [0.29, 0.717) is 55.1 Å². The lowest BCUT2D eigenvalue weighted by molar-refractivity contribution is -0.144. The van der Waals surface area contributed by atoms with Crippen LogP contribution in [0.5, 0.6) is 0 Å². The summed E-state index contributed by atoms with van der Waals surface area (Å²) in [6.45, 7) is 6.14. The molecule has 0 spiro atoms. The zero-order chi connectivity index (χ0) is 24.6. The molecule has 1 N–H and O–H groups in total. The molecule has 2 amide bonds. The molecule has 0 radical (unpaired) electrons. The second-order valence-corrected chi connectivity index (χ2v) is 8.47. The summed E-state index contributed by atoms with van der Waals surface area (Å²) >= 11 is 0. The van der Waals surface area contributed by atoms with E-state index >= 15 is 0 Å². The van der Waals surface area contributed by atoms with Crippen LogP contribution in [0.25, 0.3) is 5.78 Å². The van der Waals surface area contributed by atoms with Crippen LogP contribution in [0.15, 0.2) is 16.7 Å². The number of hydrogen-bond donors (Lipinski definition) is 1. The van der Waals surface area contributed by atoms with Gasteiger partial charge >= 0.3 is 6.18 Å². The molecule has 1 fully saturated rings. The number of furan rings is 1. The number of nitrogens with zero attached hydrogens (tertiary/aromatic N) is 5. The van der Waals surface area contributed by atoms with E-state index < -0.39 is 12.0 Å². The van der Waals surface area contributed by atoms with Gasteiger partial charge < -0.3 is 14.6 Å². The van der Waals surface area contributed by atoms with E-state index in [1.807, 2.05) is 0 Å². The number of amides is 2. The number of nitrogens with one attached hydrogen (secondary N) is 1. The van der Waals surface area contributed by atoms with E-state index in [0.717, 1.165) is 10.1 Å². The Morgan fingerprint density at radius 1 is 1.18 bits per heavy atom. The molecule has 1 aliphatic heterocycles. The molecule has 34 heavy (non-hydrogen) atoms. The van der Waals surface area contributed by atoms with Crippen LogP contribution in [0.1, 0.15) is 58.2 Å². The van der Waals surface area contributed by atoms with Crippen LogP contribution >= 0.6 is 0 Å². The molecule has 1 aliphatic rings. The maximum atomic E-state index is 13.0. The van der Waals surface area contributed by atoms with Crippen LogP contribution < -0.4 is 5.32 Å².